The van der Waals surface area contributed by atoms with Crippen LogP contribution in [0.4, 0.5) is 0 Å². The number of hydrogen-bond acceptors (Lipinski definition) is 4. The van der Waals surface area contributed by atoms with Crippen LogP contribution in [0.25, 0.3) is 0 Å². The van der Waals surface area contributed by atoms with E-state index in [4.69, 9.17) is 5.73 Å². The van der Waals surface area contributed by atoms with Crippen LogP contribution in [-0.4, -0.2) is 26.1 Å². The van der Waals surface area contributed by atoms with Crippen LogP contribution in [0.2, 0.25) is 0 Å². The molecule has 0 aliphatic carbocycles. The van der Waals surface area contributed by atoms with Gasteiger partial charge in [0.25, 0.3) is 5.91 Å². The van der Waals surface area contributed by atoms with Gasteiger partial charge in [0.1, 0.15) is 0 Å². The third-order valence-electron chi connectivity index (χ3n) is 3.80. The number of sulfone groups is 1. The van der Waals surface area contributed by atoms with Gasteiger partial charge in [-0.3, -0.25) is 4.79 Å². The molecular weight excluding hydrogens is 360 g/mol. The Hall–Kier alpha value is -1.89. The van der Waals surface area contributed by atoms with Crippen LogP contribution in [0.15, 0.2) is 59.5 Å². The molecule has 1 amide bonds. The minimum atomic E-state index is -3.44. The first-order valence-electron chi connectivity index (χ1n) is 7.84. The van der Waals surface area contributed by atoms with E-state index in [1.54, 1.807) is 54.6 Å². The van der Waals surface area contributed by atoms with Gasteiger partial charge in [-0.1, -0.05) is 37.3 Å². The van der Waals surface area contributed by atoms with Crippen molar-refractivity contribution < 1.29 is 13.2 Å². The number of hydrogen-bond donors (Lipinski definition) is 2. The first-order chi connectivity index (χ1) is 11.5. The molecule has 0 aromatic heterocycles. The lowest BCUT2D eigenvalue weighted by Crippen LogP contribution is -2.39. The minimum Gasteiger partial charge on any atom is -0.348 e. The smallest absolute Gasteiger partial charge is 0.251 e. The molecule has 0 saturated heterocycles. The molecule has 2 rings (SSSR count). The van der Waals surface area contributed by atoms with Crippen molar-refractivity contribution in [2.24, 2.45) is 5.73 Å². The predicted molar refractivity (Wildman–Crippen MR) is 102 cm³/mol. The molecule has 0 radical (unpaired) electrons. The lowest BCUT2D eigenvalue weighted by Gasteiger charge is -2.17. The molecule has 0 fully saturated rings. The molecule has 7 heteroatoms. The lowest BCUT2D eigenvalue weighted by atomic mass is 10.1. The maximum absolute atomic E-state index is 12.4. The van der Waals surface area contributed by atoms with Crippen molar-refractivity contribution in [2.75, 3.05) is 5.75 Å². The summed E-state index contributed by atoms with van der Waals surface area (Å²) in [4.78, 5) is 12.6. The predicted octanol–water partition coefficient (Wildman–Crippen LogP) is 2.55. The third kappa shape index (κ3) is 5.85. The number of amides is 1. The largest absolute Gasteiger partial charge is 0.348 e. The highest BCUT2D eigenvalue weighted by atomic mass is 35.5. The van der Waals surface area contributed by atoms with E-state index in [0.29, 0.717) is 18.5 Å². The number of carbonyl (C=O) groups is 1. The number of benzene rings is 2. The molecule has 2 aromatic rings. The van der Waals surface area contributed by atoms with Crippen LogP contribution in [0, 0.1) is 0 Å². The Labute approximate surface area is 155 Å². The summed E-state index contributed by atoms with van der Waals surface area (Å²) in [5, 5.41) is 2.80. The zero-order valence-corrected chi connectivity index (χ0v) is 15.6. The van der Waals surface area contributed by atoms with Crippen molar-refractivity contribution >= 4 is 28.2 Å². The molecule has 1 atom stereocenters. The summed E-state index contributed by atoms with van der Waals surface area (Å²) in [6.07, 6.45) is 0.526. The summed E-state index contributed by atoms with van der Waals surface area (Å²) in [6, 6.07) is 14.8. The van der Waals surface area contributed by atoms with E-state index in [1.165, 1.54) is 0 Å². The first kappa shape index (κ1) is 21.2. The lowest BCUT2D eigenvalue weighted by molar-refractivity contribution is 0.0940. The minimum absolute atomic E-state index is 0. The maximum atomic E-state index is 12.4. The van der Waals surface area contributed by atoms with Crippen molar-refractivity contribution in [1.29, 1.82) is 0 Å². The molecule has 25 heavy (non-hydrogen) atoms. The molecule has 0 bridgehead atoms. The second-order valence-electron chi connectivity index (χ2n) is 5.57. The highest BCUT2D eigenvalue weighted by Crippen LogP contribution is 2.13. The van der Waals surface area contributed by atoms with E-state index in [1.807, 2.05) is 6.92 Å². The van der Waals surface area contributed by atoms with Crippen molar-refractivity contribution in [3.63, 3.8) is 0 Å². The Bertz CT molecular complexity index is 778. The normalized spacial score (nSPS) is 12.1. The third-order valence-corrected chi connectivity index (χ3v) is 5.63. The van der Waals surface area contributed by atoms with Crippen molar-refractivity contribution in [3.05, 3.63) is 65.7 Å². The quantitative estimate of drug-likeness (QED) is 0.770. The number of nitrogens with one attached hydrogen (secondary N) is 1. The Morgan fingerprint density at radius 3 is 2.20 bits per heavy atom. The summed E-state index contributed by atoms with van der Waals surface area (Å²) >= 11 is 0. The summed E-state index contributed by atoms with van der Waals surface area (Å²) in [6.45, 7) is 2.26. The Balaban J connectivity index is 0.00000312. The highest BCUT2D eigenvalue weighted by Gasteiger charge is 2.21. The number of carbonyl (C=O) groups excluding carboxylic acids is 1. The fraction of sp³-hybridized carbons (Fsp3) is 0.278. The SMILES string of the molecule is CCC(CS(=O)(=O)c1ccccc1)NC(=O)c1ccc(CN)cc1.Cl. The van der Waals surface area contributed by atoms with Gasteiger partial charge in [0.05, 0.1) is 10.6 Å². The molecule has 5 nitrogen and oxygen atoms in total. The van der Waals surface area contributed by atoms with Gasteiger partial charge in [-0.2, -0.15) is 0 Å². The topological polar surface area (TPSA) is 89.3 Å². The molecule has 3 N–H and O–H groups in total. The van der Waals surface area contributed by atoms with Gasteiger partial charge < -0.3 is 11.1 Å². The van der Waals surface area contributed by atoms with E-state index in [9.17, 15) is 13.2 Å². The highest BCUT2D eigenvalue weighted by molar-refractivity contribution is 7.91. The molecule has 0 saturated carbocycles. The van der Waals surface area contributed by atoms with Gasteiger partial charge in [0, 0.05) is 18.2 Å². The molecule has 1 unspecified atom stereocenters. The molecule has 0 aliphatic rings. The Morgan fingerprint density at radius 1 is 1.08 bits per heavy atom. The van der Waals surface area contributed by atoms with E-state index in [-0.39, 0.29) is 29.0 Å². The van der Waals surface area contributed by atoms with Crippen LogP contribution >= 0.6 is 12.4 Å². The molecular formula is C18H23ClN2O3S. The molecule has 136 valence electrons. The Kier molecular flexibility index (Phi) is 8.09. The van der Waals surface area contributed by atoms with E-state index >= 15 is 0 Å². The van der Waals surface area contributed by atoms with E-state index < -0.39 is 15.9 Å². The fourth-order valence-corrected chi connectivity index (χ4v) is 3.92. The van der Waals surface area contributed by atoms with Gasteiger partial charge in [-0.05, 0) is 36.2 Å². The average Bonchev–Trinajstić information content (AvgIpc) is 2.61. The van der Waals surface area contributed by atoms with Gasteiger partial charge in [0.15, 0.2) is 9.84 Å². The average molecular weight is 383 g/mol. The van der Waals surface area contributed by atoms with Crippen molar-refractivity contribution in [3.8, 4) is 0 Å². The van der Waals surface area contributed by atoms with E-state index in [0.717, 1.165) is 5.56 Å². The summed E-state index contributed by atoms with van der Waals surface area (Å²) in [7, 11) is -3.44. The fourth-order valence-electron chi connectivity index (χ4n) is 2.31. The number of nitrogens with two attached hydrogens (primary N) is 1. The zero-order chi connectivity index (χ0) is 17.6. The van der Waals surface area contributed by atoms with Crippen LogP contribution in [0.3, 0.4) is 0 Å². The van der Waals surface area contributed by atoms with Gasteiger partial charge >= 0.3 is 0 Å². The first-order valence-corrected chi connectivity index (χ1v) is 9.49. The van der Waals surface area contributed by atoms with Gasteiger partial charge in [-0.25, -0.2) is 8.42 Å². The molecule has 2 aromatic carbocycles. The second-order valence-corrected chi connectivity index (χ2v) is 7.61. The maximum Gasteiger partial charge on any atom is 0.251 e. The van der Waals surface area contributed by atoms with Crippen LogP contribution in [0.5, 0.6) is 0 Å². The van der Waals surface area contributed by atoms with Crippen LogP contribution in [-0.2, 0) is 16.4 Å². The molecule has 0 aliphatic heterocycles. The van der Waals surface area contributed by atoms with E-state index in [2.05, 4.69) is 5.32 Å². The summed E-state index contributed by atoms with van der Waals surface area (Å²) in [5.74, 6) is -0.408. The molecule has 0 spiro atoms. The zero-order valence-electron chi connectivity index (χ0n) is 14.0. The summed E-state index contributed by atoms with van der Waals surface area (Å²) < 4.78 is 24.9. The molecule has 0 heterocycles. The van der Waals surface area contributed by atoms with Crippen molar-refractivity contribution in [2.45, 2.75) is 30.8 Å². The van der Waals surface area contributed by atoms with Gasteiger partial charge in [0.2, 0.25) is 0 Å². The number of halogens is 1. The van der Waals surface area contributed by atoms with Crippen LogP contribution < -0.4 is 11.1 Å². The van der Waals surface area contributed by atoms with Gasteiger partial charge in [-0.15, -0.1) is 12.4 Å². The second kappa shape index (κ2) is 9.56. The monoisotopic (exact) mass is 382 g/mol. The Morgan fingerprint density at radius 2 is 1.68 bits per heavy atom. The summed E-state index contributed by atoms with van der Waals surface area (Å²) in [5.41, 5.74) is 6.96. The number of rotatable bonds is 7. The standard InChI is InChI=1S/C18H22N2O3S.ClH/c1-2-16(13-24(22,23)17-6-4-3-5-7-17)20-18(21)15-10-8-14(12-19)9-11-15;/h3-11,16H,2,12-13,19H2,1H3,(H,20,21);1H. The van der Waals surface area contributed by atoms with Crippen LogP contribution in [0.1, 0.15) is 29.3 Å². The van der Waals surface area contributed by atoms with Crippen molar-refractivity contribution in [1.82, 2.24) is 5.32 Å².